The monoisotopic (exact) mass is 422 g/mol. The smallest absolute Gasteiger partial charge is 0.327 e. The standard InChI is InChI=1S/C19H22N2O7S/c1-9(22)19(16(26)21-13(15(24)25)18(2,3)29-17(19)21)20-14(23)12-10(27-4)7-6-8-11(12)28-5/h6-8,13,17H,1-5H3,(H,20,23)(H,24,25)/t13-,17+,19?/m0/s1. The average Bonchev–Trinajstić information content (AvgIpc) is 2.93. The SMILES string of the molecule is COc1cccc(OC)c1C(=O)NC1(C(C)=O)C(=O)N2[C@@H](C(=O)O)C(C)(C)S[C@@H]21. The lowest BCUT2D eigenvalue weighted by Gasteiger charge is -2.51. The van der Waals surface area contributed by atoms with Crippen molar-refractivity contribution in [2.75, 3.05) is 14.2 Å². The van der Waals surface area contributed by atoms with Crippen LogP contribution in [-0.2, 0) is 14.4 Å². The predicted molar refractivity (Wildman–Crippen MR) is 104 cm³/mol. The molecule has 29 heavy (non-hydrogen) atoms. The number of β-lactam (4-membered cyclic amide) rings is 1. The second kappa shape index (κ2) is 6.94. The third kappa shape index (κ3) is 2.85. The van der Waals surface area contributed by atoms with Gasteiger partial charge in [-0.2, -0.15) is 0 Å². The number of Topliss-reactive ketones (excluding diaryl/α,β-unsaturated/α-hetero) is 1. The summed E-state index contributed by atoms with van der Waals surface area (Å²) in [6.07, 6.45) is 0. The molecule has 0 spiro atoms. The number of benzene rings is 1. The van der Waals surface area contributed by atoms with E-state index in [1.165, 1.54) is 32.9 Å². The van der Waals surface area contributed by atoms with Crippen molar-refractivity contribution in [3.05, 3.63) is 23.8 Å². The van der Waals surface area contributed by atoms with Crippen LogP contribution in [0.3, 0.4) is 0 Å². The average molecular weight is 422 g/mol. The molecule has 3 atom stereocenters. The van der Waals surface area contributed by atoms with Crippen LogP contribution < -0.4 is 14.8 Å². The van der Waals surface area contributed by atoms with Crippen molar-refractivity contribution in [2.24, 2.45) is 0 Å². The second-order valence-electron chi connectivity index (χ2n) is 7.38. The van der Waals surface area contributed by atoms with E-state index in [0.717, 1.165) is 4.90 Å². The molecular weight excluding hydrogens is 400 g/mol. The number of fused-ring (bicyclic) bond motifs is 1. The highest BCUT2D eigenvalue weighted by molar-refractivity contribution is 8.01. The highest BCUT2D eigenvalue weighted by Gasteiger charge is 2.74. The third-order valence-corrected chi connectivity index (χ3v) is 6.94. The van der Waals surface area contributed by atoms with Crippen LogP contribution >= 0.6 is 11.8 Å². The number of carboxylic acids is 1. The lowest BCUT2D eigenvalue weighted by molar-refractivity contribution is -0.170. The summed E-state index contributed by atoms with van der Waals surface area (Å²) in [6.45, 7) is 4.59. The van der Waals surface area contributed by atoms with Crippen molar-refractivity contribution in [1.82, 2.24) is 10.2 Å². The second-order valence-corrected chi connectivity index (χ2v) is 9.12. The molecule has 0 saturated carbocycles. The molecule has 1 aromatic carbocycles. The van der Waals surface area contributed by atoms with Crippen molar-refractivity contribution in [2.45, 2.75) is 42.5 Å². The Morgan fingerprint density at radius 2 is 1.72 bits per heavy atom. The summed E-state index contributed by atoms with van der Waals surface area (Å²) >= 11 is 1.18. The molecule has 0 bridgehead atoms. The van der Waals surface area contributed by atoms with Crippen LogP contribution in [0.1, 0.15) is 31.1 Å². The molecular formula is C19H22N2O7S. The number of hydrogen-bond acceptors (Lipinski definition) is 7. The van der Waals surface area contributed by atoms with E-state index in [-0.39, 0.29) is 17.1 Å². The van der Waals surface area contributed by atoms with E-state index >= 15 is 0 Å². The van der Waals surface area contributed by atoms with E-state index in [1.54, 1.807) is 32.0 Å². The predicted octanol–water partition coefficient (Wildman–Crippen LogP) is 0.908. The molecule has 2 amide bonds. The van der Waals surface area contributed by atoms with E-state index in [1.807, 2.05) is 0 Å². The van der Waals surface area contributed by atoms with E-state index in [2.05, 4.69) is 5.32 Å². The fourth-order valence-electron chi connectivity index (χ4n) is 3.90. The van der Waals surface area contributed by atoms with Gasteiger partial charge in [0, 0.05) is 4.75 Å². The van der Waals surface area contributed by atoms with Gasteiger partial charge in [-0.1, -0.05) is 6.07 Å². The molecule has 2 fully saturated rings. The molecule has 1 aromatic rings. The number of nitrogens with zero attached hydrogens (tertiary/aromatic N) is 1. The molecule has 2 aliphatic heterocycles. The number of carbonyl (C=O) groups is 4. The van der Waals surface area contributed by atoms with Gasteiger partial charge in [0.2, 0.25) is 5.54 Å². The van der Waals surface area contributed by atoms with E-state index in [4.69, 9.17) is 9.47 Å². The zero-order valence-electron chi connectivity index (χ0n) is 16.6. The quantitative estimate of drug-likeness (QED) is 0.512. The highest BCUT2D eigenvalue weighted by atomic mass is 32.2. The van der Waals surface area contributed by atoms with Gasteiger partial charge >= 0.3 is 5.97 Å². The van der Waals surface area contributed by atoms with Crippen LogP contribution in [0.2, 0.25) is 0 Å². The normalized spacial score (nSPS) is 26.9. The van der Waals surface area contributed by atoms with Crippen molar-refractivity contribution >= 4 is 35.3 Å². The zero-order chi connectivity index (χ0) is 21.7. The van der Waals surface area contributed by atoms with E-state index < -0.39 is 45.3 Å². The van der Waals surface area contributed by atoms with Crippen molar-refractivity contribution < 1.29 is 33.8 Å². The number of methoxy groups -OCH3 is 2. The Morgan fingerprint density at radius 1 is 1.17 bits per heavy atom. The summed E-state index contributed by atoms with van der Waals surface area (Å²) in [5, 5.41) is 11.3. The first-order valence-electron chi connectivity index (χ1n) is 8.80. The van der Waals surface area contributed by atoms with Gasteiger partial charge in [0.05, 0.1) is 14.2 Å². The molecule has 2 saturated heterocycles. The number of ketones is 1. The maximum absolute atomic E-state index is 13.1. The minimum Gasteiger partial charge on any atom is -0.496 e. The van der Waals surface area contributed by atoms with E-state index in [0.29, 0.717) is 0 Å². The molecule has 0 aliphatic carbocycles. The summed E-state index contributed by atoms with van der Waals surface area (Å²) in [4.78, 5) is 51.6. The Hall–Kier alpha value is -2.75. The number of hydrogen-bond donors (Lipinski definition) is 2. The van der Waals surface area contributed by atoms with Crippen LogP contribution in [0.5, 0.6) is 11.5 Å². The molecule has 2 aliphatic rings. The zero-order valence-corrected chi connectivity index (χ0v) is 17.5. The maximum Gasteiger partial charge on any atom is 0.327 e. The van der Waals surface area contributed by atoms with Gasteiger partial charge in [0.1, 0.15) is 28.5 Å². The van der Waals surface area contributed by atoms with Crippen molar-refractivity contribution in [3.63, 3.8) is 0 Å². The topological polar surface area (TPSA) is 122 Å². The summed E-state index contributed by atoms with van der Waals surface area (Å²) < 4.78 is 9.62. The third-order valence-electron chi connectivity index (χ3n) is 5.30. The highest BCUT2D eigenvalue weighted by Crippen LogP contribution is 2.55. The van der Waals surface area contributed by atoms with Crippen LogP contribution in [0.4, 0.5) is 0 Å². The minimum atomic E-state index is -1.85. The fraction of sp³-hybridized carbons (Fsp3) is 0.474. The maximum atomic E-state index is 13.1. The van der Waals surface area contributed by atoms with Crippen LogP contribution in [-0.4, -0.2) is 69.5 Å². The van der Waals surface area contributed by atoms with Crippen LogP contribution in [0.25, 0.3) is 0 Å². The van der Waals surface area contributed by atoms with Gasteiger partial charge < -0.3 is 24.8 Å². The number of ether oxygens (including phenoxy) is 2. The van der Waals surface area contributed by atoms with E-state index in [9.17, 15) is 24.3 Å². The Kier molecular flexibility index (Phi) is 5.02. The first-order chi connectivity index (χ1) is 13.5. The molecule has 10 heteroatoms. The van der Waals surface area contributed by atoms with Crippen molar-refractivity contribution in [1.29, 1.82) is 0 Å². The number of amides is 2. The van der Waals surface area contributed by atoms with Gasteiger partial charge in [0.15, 0.2) is 5.78 Å². The lowest BCUT2D eigenvalue weighted by Crippen LogP contribution is -2.82. The summed E-state index contributed by atoms with van der Waals surface area (Å²) in [5.41, 5.74) is -1.81. The number of thioether (sulfide) groups is 1. The number of carboxylic acid groups (broad SMARTS) is 1. The summed E-state index contributed by atoms with van der Waals surface area (Å²) in [6, 6.07) is 3.65. The number of rotatable bonds is 6. The van der Waals surface area contributed by atoms with Gasteiger partial charge in [-0.05, 0) is 32.9 Å². The van der Waals surface area contributed by atoms with Gasteiger partial charge in [-0.3, -0.25) is 14.4 Å². The van der Waals surface area contributed by atoms with Gasteiger partial charge in [0.25, 0.3) is 11.8 Å². The molecule has 156 valence electrons. The van der Waals surface area contributed by atoms with Gasteiger partial charge in [-0.15, -0.1) is 11.8 Å². The molecule has 3 rings (SSSR count). The Balaban J connectivity index is 2.02. The molecule has 0 radical (unpaired) electrons. The lowest BCUT2D eigenvalue weighted by atomic mass is 9.81. The molecule has 9 nitrogen and oxygen atoms in total. The number of aliphatic carboxylic acids is 1. The first kappa shape index (κ1) is 21.0. The summed E-state index contributed by atoms with van der Waals surface area (Å²) in [7, 11) is 2.77. The largest absolute Gasteiger partial charge is 0.496 e. The van der Waals surface area contributed by atoms with Crippen molar-refractivity contribution in [3.8, 4) is 11.5 Å². The molecule has 2 heterocycles. The Labute approximate surface area is 171 Å². The Bertz CT molecular complexity index is 894. The number of nitrogens with one attached hydrogen (secondary N) is 1. The summed E-state index contributed by atoms with van der Waals surface area (Å²) in [5.74, 6) is -2.75. The van der Waals surface area contributed by atoms with Gasteiger partial charge in [-0.25, -0.2) is 4.79 Å². The molecule has 1 unspecified atom stereocenters. The van der Waals surface area contributed by atoms with Crippen LogP contribution in [0, 0.1) is 0 Å². The Morgan fingerprint density at radius 3 is 2.17 bits per heavy atom. The molecule has 0 aromatic heterocycles. The fourth-order valence-corrected chi connectivity index (χ4v) is 5.66. The molecule has 2 N–H and O–H groups in total. The minimum absolute atomic E-state index is 0.0430. The first-order valence-corrected chi connectivity index (χ1v) is 9.68. The van der Waals surface area contributed by atoms with Crippen LogP contribution in [0.15, 0.2) is 18.2 Å². The number of carbonyl (C=O) groups excluding carboxylic acids is 3.